The molecule has 0 unspecified atom stereocenters. The number of rotatable bonds is 8. The lowest BCUT2D eigenvalue weighted by Crippen LogP contribution is -2.54. The van der Waals surface area contributed by atoms with Crippen molar-refractivity contribution in [1.29, 1.82) is 0 Å². The van der Waals surface area contributed by atoms with Gasteiger partial charge in [0.25, 0.3) is 11.9 Å². The Morgan fingerprint density at radius 2 is 1.94 bits per heavy atom. The SMILES string of the molecule is C=C(Nc1ccc(Cl)c(Cl)c1)/C(C)=C(\N=C(N)OC)C(=O)N1CCC(N[C@@H]2CCOC[C@@H]2OC)CC1. The largest absolute Gasteiger partial charge is 0.469 e. The smallest absolute Gasteiger partial charge is 0.287 e. The number of benzene rings is 1. The number of likely N-dealkylation sites (tertiary alicyclic amines) is 1. The van der Waals surface area contributed by atoms with E-state index in [4.69, 9.17) is 43.1 Å². The van der Waals surface area contributed by atoms with Crippen molar-refractivity contribution >= 4 is 40.8 Å². The minimum absolute atomic E-state index is 0.0380. The second-order valence-corrected chi connectivity index (χ2v) is 9.65. The molecular weight excluding hydrogens is 505 g/mol. The first kappa shape index (κ1) is 28.3. The normalized spacial score (nSPS) is 22.1. The summed E-state index contributed by atoms with van der Waals surface area (Å²) < 4.78 is 16.1. The number of hydrogen-bond donors (Lipinski definition) is 3. The molecule has 0 spiro atoms. The molecule has 3 rings (SSSR count). The Hall–Kier alpha value is -2.30. The van der Waals surface area contributed by atoms with E-state index in [2.05, 4.69) is 22.2 Å². The third kappa shape index (κ3) is 7.36. The second kappa shape index (κ2) is 13.3. The van der Waals surface area contributed by atoms with Crippen molar-refractivity contribution in [3.05, 3.63) is 51.8 Å². The predicted octanol–water partition coefficient (Wildman–Crippen LogP) is 3.54. The first-order valence-electron chi connectivity index (χ1n) is 11.9. The maximum Gasteiger partial charge on any atom is 0.287 e. The molecular formula is C25H35Cl2N5O4. The maximum atomic E-state index is 13.5. The highest BCUT2D eigenvalue weighted by Crippen LogP contribution is 2.27. The van der Waals surface area contributed by atoms with Crippen molar-refractivity contribution < 1.29 is 19.0 Å². The minimum atomic E-state index is -0.233. The van der Waals surface area contributed by atoms with Crippen LogP contribution in [0.25, 0.3) is 0 Å². The number of ether oxygens (including phenoxy) is 3. The fraction of sp³-hybridized carbons (Fsp3) is 0.520. The summed E-state index contributed by atoms with van der Waals surface area (Å²) in [6.07, 6.45) is 2.58. The van der Waals surface area contributed by atoms with Crippen LogP contribution < -0.4 is 16.4 Å². The maximum absolute atomic E-state index is 13.5. The topological polar surface area (TPSA) is 110 Å². The summed E-state index contributed by atoms with van der Waals surface area (Å²) in [5, 5.41) is 7.70. The van der Waals surface area contributed by atoms with Crippen LogP contribution in [0.5, 0.6) is 0 Å². The number of piperidine rings is 1. The zero-order chi connectivity index (χ0) is 26.2. The van der Waals surface area contributed by atoms with Crippen LogP contribution in [-0.2, 0) is 19.0 Å². The van der Waals surface area contributed by atoms with E-state index in [9.17, 15) is 4.79 Å². The molecule has 11 heteroatoms. The van der Waals surface area contributed by atoms with Gasteiger partial charge < -0.3 is 35.5 Å². The molecule has 1 amide bonds. The molecule has 0 saturated carbocycles. The van der Waals surface area contributed by atoms with Gasteiger partial charge in [0.2, 0.25) is 0 Å². The zero-order valence-corrected chi connectivity index (χ0v) is 22.5. The van der Waals surface area contributed by atoms with Crippen LogP contribution in [0.4, 0.5) is 5.69 Å². The van der Waals surface area contributed by atoms with E-state index < -0.39 is 0 Å². The molecule has 2 heterocycles. The molecule has 2 saturated heterocycles. The zero-order valence-electron chi connectivity index (χ0n) is 21.0. The summed E-state index contributed by atoms with van der Waals surface area (Å²) in [6.45, 7) is 8.33. The highest BCUT2D eigenvalue weighted by molar-refractivity contribution is 6.42. The molecule has 0 radical (unpaired) electrons. The van der Waals surface area contributed by atoms with Crippen LogP contribution in [0, 0.1) is 0 Å². The number of halogens is 2. The van der Waals surface area contributed by atoms with Crippen molar-refractivity contribution in [3.8, 4) is 0 Å². The minimum Gasteiger partial charge on any atom is -0.469 e. The fourth-order valence-corrected chi connectivity index (χ4v) is 4.57. The quantitative estimate of drug-likeness (QED) is 0.200. The number of allylic oxidation sites excluding steroid dienone is 1. The van der Waals surface area contributed by atoms with Crippen LogP contribution in [0.15, 0.2) is 46.7 Å². The molecule has 1 aromatic carbocycles. The van der Waals surface area contributed by atoms with Gasteiger partial charge in [-0.2, -0.15) is 4.99 Å². The number of nitrogens with two attached hydrogens (primary N) is 1. The van der Waals surface area contributed by atoms with Crippen LogP contribution in [-0.4, -0.2) is 75.5 Å². The standard InChI is InChI=1S/C25H35Cl2N5O4/c1-15(16(2)29-18-5-6-19(26)20(27)13-18)23(31-25(28)35-4)24(33)32-10-7-17(8-11-32)30-21-9-12-36-14-22(21)34-3/h5-6,13,17,21-22,29-30H,2,7-12,14H2,1,3-4H3,(H2,28,31)/b23-15-/t21-,22+/m1/s1. The van der Waals surface area contributed by atoms with Crippen molar-refractivity contribution in [1.82, 2.24) is 10.2 Å². The Bertz CT molecular complexity index is 1010. The molecule has 36 heavy (non-hydrogen) atoms. The molecule has 4 N–H and O–H groups in total. The summed E-state index contributed by atoms with van der Waals surface area (Å²) >= 11 is 12.1. The molecule has 9 nitrogen and oxygen atoms in total. The predicted molar refractivity (Wildman–Crippen MR) is 143 cm³/mol. The number of aliphatic imine (C=N–C) groups is 1. The average molecular weight is 540 g/mol. The number of amides is 1. The second-order valence-electron chi connectivity index (χ2n) is 8.84. The lowest BCUT2D eigenvalue weighted by molar-refractivity contribution is -0.128. The van der Waals surface area contributed by atoms with Gasteiger partial charge in [-0.3, -0.25) is 4.79 Å². The van der Waals surface area contributed by atoms with Gasteiger partial charge in [0, 0.05) is 55.8 Å². The number of nitrogens with one attached hydrogen (secondary N) is 2. The summed E-state index contributed by atoms with van der Waals surface area (Å²) in [4.78, 5) is 19.6. The Kier molecular flexibility index (Phi) is 10.4. The summed E-state index contributed by atoms with van der Waals surface area (Å²) in [6, 6.07) is 5.56. The van der Waals surface area contributed by atoms with E-state index in [1.54, 1.807) is 37.1 Å². The van der Waals surface area contributed by atoms with Crippen LogP contribution >= 0.6 is 23.2 Å². The van der Waals surface area contributed by atoms with E-state index in [1.165, 1.54) is 7.11 Å². The van der Waals surface area contributed by atoms with E-state index in [1.807, 2.05) is 0 Å². The number of anilines is 1. The van der Waals surface area contributed by atoms with Gasteiger partial charge in [0.15, 0.2) is 0 Å². The van der Waals surface area contributed by atoms with E-state index in [0.29, 0.717) is 52.7 Å². The third-order valence-corrected chi connectivity index (χ3v) is 7.23. The van der Waals surface area contributed by atoms with Crippen molar-refractivity contribution in [3.63, 3.8) is 0 Å². The molecule has 2 fully saturated rings. The molecule has 0 aromatic heterocycles. The highest BCUT2D eigenvalue weighted by atomic mass is 35.5. The van der Waals surface area contributed by atoms with Gasteiger partial charge in [-0.05, 0) is 44.4 Å². The van der Waals surface area contributed by atoms with Gasteiger partial charge in [-0.15, -0.1) is 0 Å². The van der Waals surface area contributed by atoms with Crippen molar-refractivity contribution in [2.75, 3.05) is 45.8 Å². The highest BCUT2D eigenvalue weighted by Gasteiger charge is 2.31. The van der Waals surface area contributed by atoms with E-state index in [-0.39, 0.29) is 29.8 Å². The number of methoxy groups -OCH3 is 2. The average Bonchev–Trinajstić information content (AvgIpc) is 2.89. The Morgan fingerprint density at radius 1 is 1.22 bits per heavy atom. The number of amidine groups is 1. The van der Waals surface area contributed by atoms with Gasteiger partial charge in [0.05, 0.1) is 29.9 Å². The summed E-state index contributed by atoms with van der Waals surface area (Å²) in [5.41, 5.74) is 7.69. The molecule has 1 aromatic rings. The first-order valence-corrected chi connectivity index (χ1v) is 12.6. The van der Waals surface area contributed by atoms with Crippen LogP contribution in [0.2, 0.25) is 10.0 Å². The van der Waals surface area contributed by atoms with Crippen molar-refractivity contribution in [2.24, 2.45) is 10.7 Å². The number of hydrogen-bond acceptors (Lipinski definition) is 7. The van der Waals surface area contributed by atoms with Gasteiger partial charge in [-0.25, -0.2) is 0 Å². The first-order chi connectivity index (χ1) is 17.2. The number of carbonyl (C=O) groups excluding carboxylic acids is 1. The van der Waals surface area contributed by atoms with Crippen molar-refractivity contribution in [2.45, 2.75) is 44.4 Å². The molecule has 2 aliphatic rings. The molecule has 0 aliphatic carbocycles. The van der Waals surface area contributed by atoms with Crippen LogP contribution in [0.1, 0.15) is 26.2 Å². The van der Waals surface area contributed by atoms with Gasteiger partial charge in [-0.1, -0.05) is 29.8 Å². The number of nitrogens with zero attached hydrogens (tertiary/aromatic N) is 2. The number of carbonyl (C=O) groups is 1. The summed E-state index contributed by atoms with van der Waals surface area (Å²) in [7, 11) is 3.11. The monoisotopic (exact) mass is 539 g/mol. The lowest BCUT2D eigenvalue weighted by Gasteiger charge is -2.38. The third-order valence-electron chi connectivity index (χ3n) is 6.50. The molecule has 0 bridgehead atoms. The molecule has 198 valence electrons. The Morgan fingerprint density at radius 3 is 2.58 bits per heavy atom. The van der Waals surface area contributed by atoms with E-state index >= 15 is 0 Å². The summed E-state index contributed by atoms with van der Waals surface area (Å²) in [5.74, 6) is -0.233. The van der Waals surface area contributed by atoms with Gasteiger partial charge >= 0.3 is 0 Å². The molecule has 2 atom stereocenters. The fourth-order valence-electron chi connectivity index (χ4n) is 4.27. The lowest BCUT2D eigenvalue weighted by atomic mass is 9.99. The van der Waals surface area contributed by atoms with Gasteiger partial charge in [0.1, 0.15) is 5.70 Å². The van der Waals surface area contributed by atoms with E-state index in [0.717, 1.165) is 25.9 Å². The Balaban J connectivity index is 1.70. The Labute approximate surface area is 222 Å². The van der Waals surface area contributed by atoms with Crippen LogP contribution in [0.3, 0.4) is 0 Å². The molecule has 2 aliphatic heterocycles.